The molecule has 3 N–H and O–H groups in total. The van der Waals surface area contributed by atoms with Crippen LogP contribution in [0.2, 0.25) is 0 Å². The second-order valence-corrected chi connectivity index (χ2v) is 12.1. The molecule has 0 saturated carbocycles. The Bertz CT molecular complexity index is 1530. The lowest BCUT2D eigenvalue weighted by Gasteiger charge is -2.37. The quantitative estimate of drug-likeness (QED) is 0.300. The number of carbonyl (C=O) groups is 1. The van der Waals surface area contributed by atoms with Gasteiger partial charge in [-0.05, 0) is 74.9 Å². The van der Waals surface area contributed by atoms with E-state index in [1.54, 1.807) is 6.92 Å². The van der Waals surface area contributed by atoms with E-state index in [-0.39, 0.29) is 47.6 Å². The number of aromatic amines is 1. The van der Waals surface area contributed by atoms with Gasteiger partial charge in [0.25, 0.3) is 11.5 Å². The lowest BCUT2D eigenvalue weighted by atomic mass is 9.95. The molecule has 244 valence electrons. The number of pyridine rings is 2. The minimum absolute atomic E-state index is 0. The number of benzene rings is 1. The summed E-state index contributed by atoms with van der Waals surface area (Å²) in [7, 11) is 0. The molecule has 0 atom stereocenters. The van der Waals surface area contributed by atoms with Gasteiger partial charge in [-0.25, -0.2) is 9.37 Å². The van der Waals surface area contributed by atoms with Crippen LogP contribution in [0.25, 0.3) is 11.1 Å². The Morgan fingerprint density at radius 2 is 1.87 bits per heavy atom. The number of piperazine rings is 1. The van der Waals surface area contributed by atoms with E-state index in [4.69, 9.17) is 9.72 Å². The standard InChI is InChI=1S/C34H45FN6O3.ClH/c1-6-41(26-9-15-44-16-10-26)29-18-25(24-7-8-30(37-19-24)40-13-11-36-12-14-40)17-27(22(29)4)33(42)38-20-28-31(21(2)3)32(35)23(5)39-34(28)43;/h7-8,17-19,21,26,36H,6,9-16,20H2,1-5H3,(H,38,42)(H,39,43);1H. The summed E-state index contributed by atoms with van der Waals surface area (Å²) >= 11 is 0. The third-order valence-electron chi connectivity index (χ3n) is 8.90. The van der Waals surface area contributed by atoms with Crippen LogP contribution in [0.3, 0.4) is 0 Å². The van der Waals surface area contributed by atoms with Crippen molar-refractivity contribution in [3.05, 3.63) is 74.6 Å². The summed E-state index contributed by atoms with van der Waals surface area (Å²) in [5, 5.41) is 6.31. The first-order valence-electron chi connectivity index (χ1n) is 15.8. The summed E-state index contributed by atoms with van der Waals surface area (Å²) in [6.07, 6.45) is 3.71. The van der Waals surface area contributed by atoms with Gasteiger partial charge in [0.2, 0.25) is 0 Å². The number of amides is 1. The second-order valence-electron chi connectivity index (χ2n) is 12.1. The molecule has 0 spiro atoms. The molecule has 5 rings (SSSR count). The third kappa shape index (κ3) is 7.51. The van der Waals surface area contributed by atoms with Gasteiger partial charge < -0.3 is 30.2 Å². The van der Waals surface area contributed by atoms with E-state index in [1.807, 2.05) is 39.1 Å². The molecule has 2 aliphatic heterocycles. The molecule has 0 unspecified atom stereocenters. The molecule has 2 fully saturated rings. The van der Waals surface area contributed by atoms with Crippen LogP contribution in [0.15, 0.2) is 35.3 Å². The minimum Gasteiger partial charge on any atom is -0.381 e. The summed E-state index contributed by atoms with van der Waals surface area (Å²) in [4.78, 5) is 38.8. The fraction of sp³-hybridized carbons (Fsp3) is 0.500. The minimum atomic E-state index is -0.434. The molecule has 2 saturated heterocycles. The first kappa shape index (κ1) is 34.4. The van der Waals surface area contributed by atoms with Gasteiger partial charge in [-0.1, -0.05) is 13.8 Å². The van der Waals surface area contributed by atoms with E-state index in [1.165, 1.54) is 0 Å². The number of hydrogen-bond acceptors (Lipinski definition) is 7. The van der Waals surface area contributed by atoms with Crippen LogP contribution in [0, 0.1) is 19.7 Å². The number of halogens is 2. The fourth-order valence-corrected chi connectivity index (χ4v) is 6.46. The van der Waals surface area contributed by atoms with Crippen molar-refractivity contribution in [3.63, 3.8) is 0 Å². The lowest BCUT2D eigenvalue weighted by Crippen LogP contribution is -2.43. The van der Waals surface area contributed by atoms with Gasteiger partial charge in [0.15, 0.2) is 0 Å². The monoisotopic (exact) mass is 640 g/mol. The maximum absolute atomic E-state index is 15.0. The molecule has 1 amide bonds. The Labute approximate surface area is 271 Å². The van der Waals surface area contributed by atoms with Crippen molar-refractivity contribution in [1.82, 2.24) is 20.6 Å². The van der Waals surface area contributed by atoms with Crippen LogP contribution in [0.1, 0.15) is 72.3 Å². The van der Waals surface area contributed by atoms with E-state index in [9.17, 15) is 9.59 Å². The summed E-state index contributed by atoms with van der Waals surface area (Å²) in [6.45, 7) is 15.2. The number of aromatic nitrogens is 2. The molecule has 9 nitrogen and oxygen atoms in total. The zero-order valence-corrected chi connectivity index (χ0v) is 27.8. The largest absolute Gasteiger partial charge is 0.381 e. The van der Waals surface area contributed by atoms with Gasteiger partial charge in [0.05, 0.1) is 5.69 Å². The lowest BCUT2D eigenvalue weighted by molar-refractivity contribution is 0.0846. The Morgan fingerprint density at radius 1 is 1.16 bits per heavy atom. The molecule has 3 aromatic rings. The number of aryl methyl sites for hydroxylation is 1. The van der Waals surface area contributed by atoms with Gasteiger partial charge in [-0.15, -0.1) is 12.4 Å². The number of nitrogens with one attached hydrogen (secondary N) is 3. The van der Waals surface area contributed by atoms with Gasteiger partial charge in [-0.3, -0.25) is 9.59 Å². The number of rotatable bonds is 9. The van der Waals surface area contributed by atoms with Gasteiger partial charge in [0.1, 0.15) is 11.6 Å². The molecule has 1 aromatic carbocycles. The van der Waals surface area contributed by atoms with Crippen molar-refractivity contribution in [1.29, 1.82) is 0 Å². The molecule has 0 radical (unpaired) electrons. The molecule has 0 bridgehead atoms. The number of ether oxygens (including phenoxy) is 1. The normalized spacial score (nSPS) is 15.6. The molecule has 11 heteroatoms. The molecule has 0 aliphatic carbocycles. The highest BCUT2D eigenvalue weighted by molar-refractivity contribution is 5.99. The first-order chi connectivity index (χ1) is 21.2. The molecule has 2 aliphatic rings. The Hall–Kier alpha value is -3.47. The highest BCUT2D eigenvalue weighted by Gasteiger charge is 2.26. The van der Waals surface area contributed by atoms with Gasteiger partial charge >= 0.3 is 0 Å². The van der Waals surface area contributed by atoms with Crippen molar-refractivity contribution < 1.29 is 13.9 Å². The van der Waals surface area contributed by atoms with Gasteiger partial charge in [0, 0.05) is 92.7 Å². The third-order valence-corrected chi connectivity index (χ3v) is 8.90. The van der Waals surface area contributed by atoms with Crippen molar-refractivity contribution in [2.75, 3.05) is 55.7 Å². The maximum atomic E-state index is 15.0. The summed E-state index contributed by atoms with van der Waals surface area (Å²) in [6, 6.07) is 8.46. The summed E-state index contributed by atoms with van der Waals surface area (Å²) in [5.74, 6) is -0.0199. The van der Waals surface area contributed by atoms with E-state index in [2.05, 4.69) is 44.5 Å². The van der Waals surface area contributed by atoms with Crippen molar-refractivity contribution in [3.8, 4) is 11.1 Å². The maximum Gasteiger partial charge on any atom is 0.253 e. The molecular formula is C34H46ClFN6O3. The molecular weight excluding hydrogens is 595 g/mol. The molecule has 4 heterocycles. The number of nitrogens with zero attached hydrogens (tertiary/aromatic N) is 3. The first-order valence-corrected chi connectivity index (χ1v) is 15.8. The van der Waals surface area contributed by atoms with Crippen LogP contribution < -0.4 is 26.0 Å². The van der Waals surface area contributed by atoms with Gasteiger partial charge in [-0.2, -0.15) is 0 Å². The van der Waals surface area contributed by atoms with E-state index in [0.29, 0.717) is 30.4 Å². The number of anilines is 2. The van der Waals surface area contributed by atoms with Crippen LogP contribution in [0.4, 0.5) is 15.9 Å². The van der Waals surface area contributed by atoms with Crippen LogP contribution in [-0.4, -0.2) is 67.9 Å². The second kappa shape index (κ2) is 15.2. The van der Waals surface area contributed by atoms with Crippen LogP contribution in [-0.2, 0) is 11.3 Å². The Kier molecular flexibility index (Phi) is 11.6. The highest BCUT2D eigenvalue weighted by atomic mass is 35.5. The molecule has 2 aromatic heterocycles. The topological polar surface area (TPSA) is 103 Å². The predicted octanol–water partition coefficient (Wildman–Crippen LogP) is 5.08. The summed E-state index contributed by atoms with van der Waals surface area (Å²) in [5.41, 5.74) is 4.58. The highest BCUT2D eigenvalue weighted by Crippen LogP contribution is 2.34. The zero-order valence-electron chi connectivity index (χ0n) is 27.0. The van der Waals surface area contributed by atoms with Crippen LogP contribution >= 0.6 is 12.4 Å². The smallest absolute Gasteiger partial charge is 0.253 e. The summed E-state index contributed by atoms with van der Waals surface area (Å²) < 4.78 is 20.7. The van der Waals surface area contributed by atoms with E-state index < -0.39 is 5.82 Å². The van der Waals surface area contributed by atoms with Crippen molar-refractivity contribution in [2.45, 2.75) is 66.0 Å². The van der Waals surface area contributed by atoms with E-state index in [0.717, 1.165) is 73.8 Å². The molecule has 45 heavy (non-hydrogen) atoms. The predicted molar refractivity (Wildman–Crippen MR) is 181 cm³/mol. The number of hydrogen-bond donors (Lipinski definition) is 3. The Morgan fingerprint density at radius 3 is 2.49 bits per heavy atom. The number of carbonyl (C=O) groups excluding carboxylic acids is 1. The number of H-pyrrole nitrogens is 1. The van der Waals surface area contributed by atoms with E-state index >= 15 is 4.39 Å². The average Bonchev–Trinajstić information content (AvgIpc) is 3.04. The zero-order chi connectivity index (χ0) is 31.4. The van der Waals surface area contributed by atoms with Crippen molar-refractivity contribution in [2.24, 2.45) is 0 Å². The van der Waals surface area contributed by atoms with Crippen LogP contribution in [0.5, 0.6) is 0 Å². The SMILES string of the molecule is CCN(c1cc(-c2ccc(N3CCNCC3)nc2)cc(C(=O)NCc2c(C(C)C)c(F)c(C)[nH]c2=O)c1C)C1CCOCC1.Cl. The fourth-order valence-electron chi connectivity index (χ4n) is 6.46. The average molecular weight is 641 g/mol. The Balaban J connectivity index is 0.00000461. The van der Waals surface area contributed by atoms with Crippen molar-refractivity contribution >= 4 is 29.8 Å².